The molecule has 1 saturated heterocycles. The summed E-state index contributed by atoms with van der Waals surface area (Å²) >= 11 is 0. The number of anilines is 2. The van der Waals surface area contributed by atoms with E-state index in [4.69, 9.17) is 16.2 Å². The smallest absolute Gasteiger partial charge is 0.237 e. The number of benzene rings is 1. The van der Waals surface area contributed by atoms with Gasteiger partial charge in [-0.2, -0.15) is 0 Å². The van der Waals surface area contributed by atoms with E-state index in [1.807, 2.05) is 44.2 Å². The summed E-state index contributed by atoms with van der Waals surface area (Å²) in [7, 11) is 0. The SMILES string of the molecule is CC(C)[C@H](N)C(=O)N[C@@H](C)C(=O)CCc1ccc(-c2cnc(N)c(C(=O)Cc3cnccc3N3CCOCC3)n2)cc1. The molecule has 222 valence electrons. The van der Waals surface area contributed by atoms with Gasteiger partial charge in [0.1, 0.15) is 5.69 Å². The number of ketones is 2. The standard InChI is InChI=1S/C31H39N7O4/c1-19(2)28(32)31(41)36-20(3)26(39)9-6-21-4-7-22(8-5-21)24-18-35-30(33)29(37-24)27(40)16-23-17-34-11-10-25(23)38-12-14-42-15-13-38/h4-5,7-8,10-11,17-20,28H,6,9,12-16,32H2,1-3H3,(H2,33,35)(H,36,41)/t20-,28-/m0/s1. The minimum atomic E-state index is -0.650. The van der Waals surface area contributed by atoms with Crippen molar-refractivity contribution in [3.05, 3.63) is 65.7 Å². The first-order chi connectivity index (χ1) is 20.1. The Balaban J connectivity index is 1.39. The van der Waals surface area contributed by atoms with E-state index >= 15 is 0 Å². The number of nitrogens with two attached hydrogens (primary N) is 2. The summed E-state index contributed by atoms with van der Waals surface area (Å²) in [4.78, 5) is 53.3. The quantitative estimate of drug-likeness (QED) is 0.274. The number of rotatable bonds is 12. The second-order valence-corrected chi connectivity index (χ2v) is 10.9. The van der Waals surface area contributed by atoms with Crippen molar-refractivity contribution >= 4 is 29.0 Å². The number of nitrogens with one attached hydrogen (secondary N) is 1. The molecule has 0 spiro atoms. The van der Waals surface area contributed by atoms with Gasteiger partial charge in [-0.15, -0.1) is 0 Å². The number of aromatic nitrogens is 3. The number of nitrogens with zero attached hydrogens (tertiary/aromatic N) is 4. The van der Waals surface area contributed by atoms with E-state index in [1.165, 1.54) is 0 Å². The van der Waals surface area contributed by atoms with Crippen LogP contribution in [0.4, 0.5) is 11.5 Å². The summed E-state index contributed by atoms with van der Waals surface area (Å²) in [5.41, 5.74) is 16.1. The summed E-state index contributed by atoms with van der Waals surface area (Å²) in [5.74, 6) is -0.571. The van der Waals surface area contributed by atoms with Crippen LogP contribution in [0.15, 0.2) is 48.9 Å². The maximum atomic E-state index is 13.3. The number of carbonyl (C=O) groups is 3. The molecule has 5 N–H and O–H groups in total. The molecule has 3 aromatic rings. The Bertz CT molecular complexity index is 1400. The molecule has 0 saturated carbocycles. The van der Waals surface area contributed by atoms with Crippen LogP contribution in [-0.4, -0.2) is 70.8 Å². The van der Waals surface area contributed by atoms with Gasteiger partial charge in [0.25, 0.3) is 0 Å². The molecule has 0 bridgehead atoms. The number of morpholine rings is 1. The largest absolute Gasteiger partial charge is 0.382 e. The van der Waals surface area contributed by atoms with E-state index < -0.39 is 12.1 Å². The number of amides is 1. The normalized spacial score (nSPS) is 14.8. The summed E-state index contributed by atoms with van der Waals surface area (Å²) in [6.07, 6.45) is 5.85. The summed E-state index contributed by atoms with van der Waals surface area (Å²) < 4.78 is 5.46. The molecule has 1 aliphatic rings. The van der Waals surface area contributed by atoms with Crippen LogP contribution in [0.1, 0.15) is 48.8 Å². The Morgan fingerprint density at radius 2 is 1.76 bits per heavy atom. The molecule has 1 amide bonds. The third-order valence-electron chi connectivity index (χ3n) is 7.42. The molecule has 1 aromatic carbocycles. The zero-order valence-corrected chi connectivity index (χ0v) is 24.4. The van der Waals surface area contributed by atoms with Crippen molar-refractivity contribution in [3.63, 3.8) is 0 Å². The molecule has 42 heavy (non-hydrogen) atoms. The molecule has 11 heteroatoms. The lowest BCUT2D eigenvalue weighted by molar-refractivity contribution is -0.128. The van der Waals surface area contributed by atoms with E-state index in [1.54, 1.807) is 25.5 Å². The fourth-order valence-corrected chi connectivity index (χ4v) is 4.69. The third-order valence-corrected chi connectivity index (χ3v) is 7.42. The summed E-state index contributed by atoms with van der Waals surface area (Å²) in [6.45, 7) is 8.16. The van der Waals surface area contributed by atoms with Crippen LogP contribution in [-0.2, 0) is 27.2 Å². The van der Waals surface area contributed by atoms with Crippen LogP contribution in [0, 0.1) is 5.92 Å². The molecule has 2 aromatic heterocycles. The van der Waals surface area contributed by atoms with Crippen molar-refractivity contribution in [1.82, 2.24) is 20.3 Å². The predicted octanol–water partition coefficient (Wildman–Crippen LogP) is 2.37. The van der Waals surface area contributed by atoms with Gasteiger partial charge in [-0.3, -0.25) is 19.4 Å². The van der Waals surface area contributed by atoms with Crippen LogP contribution in [0.3, 0.4) is 0 Å². The van der Waals surface area contributed by atoms with Gasteiger partial charge in [0.15, 0.2) is 17.4 Å². The van der Waals surface area contributed by atoms with Crippen LogP contribution < -0.4 is 21.7 Å². The van der Waals surface area contributed by atoms with E-state index in [9.17, 15) is 14.4 Å². The molecule has 4 rings (SSSR count). The van der Waals surface area contributed by atoms with Crippen LogP contribution in [0.25, 0.3) is 11.3 Å². The topological polar surface area (TPSA) is 166 Å². The zero-order valence-electron chi connectivity index (χ0n) is 24.4. The van der Waals surface area contributed by atoms with Crippen molar-refractivity contribution in [3.8, 4) is 11.3 Å². The Morgan fingerprint density at radius 3 is 2.45 bits per heavy atom. The van der Waals surface area contributed by atoms with Gasteiger partial charge < -0.3 is 26.4 Å². The summed E-state index contributed by atoms with van der Waals surface area (Å²) in [6, 6.07) is 8.21. The number of hydrogen-bond acceptors (Lipinski definition) is 10. The lowest BCUT2D eigenvalue weighted by Crippen LogP contribution is -2.49. The first-order valence-electron chi connectivity index (χ1n) is 14.2. The Labute approximate surface area is 246 Å². The van der Waals surface area contributed by atoms with Gasteiger partial charge in [0.05, 0.1) is 37.2 Å². The summed E-state index contributed by atoms with van der Waals surface area (Å²) in [5, 5.41) is 2.70. The van der Waals surface area contributed by atoms with Crippen molar-refractivity contribution < 1.29 is 19.1 Å². The lowest BCUT2D eigenvalue weighted by Gasteiger charge is -2.30. The average Bonchev–Trinajstić information content (AvgIpc) is 3.00. The van der Waals surface area contributed by atoms with Crippen LogP contribution in [0.2, 0.25) is 0 Å². The van der Waals surface area contributed by atoms with Crippen LogP contribution >= 0.6 is 0 Å². The van der Waals surface area contributed by atoms with Gasteiger partial charge in [0.2, 0.25) is 5.91 Å². The Hall–Kier alpha value is -4.22. The van der Waals surface area contributed by atoms with E-state index in [2.05, 4.69) is 25.2 Å². The number of nitrogen functional groups attached to an aromatic ring is 1. The zero-order chi connectivity index (χ0) is 30.2. The Morgan fingerprint density at radius 1 is 1.05 bits per heavy atom. The van der Waals surface area contributed by atoms with Gasteiger partial charge in [-0.1, -0.05) is 38.1 Å². The molecule has 2 atom stereocenters. The molecular formula is C31H39N7O4. The minimum Gasteiger partial charge on any atom is -0.382 e. The second kappa shape index (κ2) is 14.1. The molecule has 0 aliphatic carbocycles. The highest BCUT2D eigenvalue weighted by Gasteiger charge is 2.23. The number of aryl methyl sites for hydroxylation is 1. The molecule has 11 nitrogen and oxygen atoms in total. The average molecular weight is 574 g/mol. The molecule has 3 heterocycles. The lowest BCUT2D eigenvalue weighted by atomic mass is 10.0. The van der Waals surface area contributed by atoms with E-state index in [-0.39, 0.29) is 47.7 Å². The van der Waals surface area contributed by atoms with Gasteiger partial charge >= 0.3 is 0 Å². The highest BCUT2D eigenvalue weighted by molar-refractivity contribution is 6.00. The van der Waals surface area contributed by atoms with Crippen molar-refractivity contribution in [2.45, 2.75) is 52.1 Å². The fraction of sp³-hybridized carbons (Fsp3) is 0.419. The number of pyridine rings is 1. The first-order valence-corrected chi connectivity index (χ1v) is 14.2. The molecule has 1 fully saturated rings. The molecule has 1 aliphatic heterocycles. The van der Waals surface area contributed by atoms with Crippen molar-refractivity contribution in [2.75, 3.05) is 36.9 Å². The first kappa shape index (κ1) is 30.7. The van der Waals surface area contributed by atoms with Gasteiger partial charge in [-0.05, 0) is 30.9 Å². The van der Waals surface area contributed by atoms with E-state index in [0.717, 1.165) is 35.5 Å². The highest BCUT2D eigenvalue weighted by Crippen LogP contribution is 2.24. The highest BCUT2D eigenvalue weighted by atomic mass is 16.5. The predicted molar refractivity (Wildman–Crippen MR) is 161 cm³/mol. The molecule has 0 radical (unpaired) electrons. The third kappa shape index (κ3) is 7.74. The van der Waals surface area contributed by atoms with Crippen molar-refractivity contribution in [1.29, 1.82) is 0 Å². The molecule has 0 unspecified atom stereocenters. The van der Waals surface area contributed by atoms with Crippen LogP contribution in [0.5, 0.6) is 0 Å². The Kier molecular flexibility index (Phi) is 10.3. The number of carbonyl (C=O) groups excluding carboxylic acids is 3. The van der Waals surface area contributed by atoms with Gasteiger partial charge in [0, 0.05) is 55.1 Å². The van der Waals surface area contributed by atoms with E-state index in [0.29, 0.717) is 25.3 Å². The van der Waals surface area contributed by atoms with Gasteiger partial charge in [-0.25, -0.2) is 9.97 Å². The van der Waals surface area contributed by atoms with Crippen molar-refractivity contribution in [2.24, 2.45) is 11.7 Å². The minimum absolute atomic E-state index is 0.0138. The maximum absolute atomic E-state index is 13.3. The number of Topliss-reactive ketones (excluding diaryl/α,β-unsaturated/α-hetero) is 2. The number of ether oxygens (including phenoxy) is 1. The second-order valence-electron chi connectivity index (χ2n) is 10.9. The number of hydrogen-bond donors (Lipinski definition) is 3. The fourth-order valence-electron chi connectivity index (χ4n) is 4.69. The molecular weight excluding hydrogens is 534 g/mol. The maximum Gasteiger partial charge on any atom is 0.237 e. The monoisotopic (exact) mass is 573 g/mol.